The zero-order valence-corrected chi connectivity index (χ0v) is 6.29. The first-order chi connectivity index (χ1) is 4.81. The number of esters is 1. The third kappa shape index (κ3) is 5.15. The molecule has 0 aromatic heterocycles. The van der Waals surface area contributed by atoms with Gasteiger partial charge in [0, 0.05) is 6.42 Å². The minimum atomic E-state index is -0.194. The molecule has 3 heteroatoms. The lowest BCUT2D eigenvalue weighted by molar-refractivity contribution is -0.142. The van der Waals surface area contributed by atoms with Gasteiger partial charge < -0.3 is 9.47 Å². The van der Waals surface area contributed by atoms with Crippen LogP contribution in [0.5, 0.6) is 0 Å². The molecule has 0 unspecified atom stereocenters. The van der Waals surface area contributed by atoms with Crippen molar-refractivity contribution in [1.82, 2.24) is 0 Å². The zero-order chi connectivity index (χ0) is 7.82. The van der Waals surface area contributed by atoms with Crippen molar-refractivity contribution in [2.45, 2.75) is 13.3 Å². The molecule has 0 rings (SSSR count). The Kier molecular flexibility index (Phi) is 5.53. The van der Waals surface area contributed by atoms with Crippen molar-refractivity contribution >= 4 is 5.97 Å². The number of ether oxygens (including phenoxy) is 2. The predicted octanol–water partition coefficient (Wildman–Crippen LogP) is 1.10. The number of methoxy groups -OCH3 is 1. The van der Waals surface area contributed by atoms with E-state index < -0.39 is 0 Å². The molecular formula is C7H12O3. The Morgan fingerprint density at radius 3 is 2.80 bits per heavy atom. The molecule has 0 bridgehead atoms. The van der Waals surface area contributed by atoms with Crippen molar-refractivity contribution in [3.63, 3.8) is 0 Å². The van der Waals surface area contributed by atoms with Gasteiger partial charge in [0.1, 0.15) is 6.61 Å². The Hall–Kier alpha value is -0.990. The van der Waals surface area contributed by atoms with Gasteiger partial charge in [-0.15, -0.1) is 0 Å². The minimum Gasteiger partial charge on any atom is -0.505 e. The second kappa shape index (κ2) is 6.13. The summed E-state index contributed by atoms with van der Waals surface area (Å²) in [6.45, 7) is 2.04. The van der Waals surface area contributed by atoms with Crippen molar-refractivity contribution in [3.05, 3.63) is 12.3 Å². The molecule has 0 aliphatic rings. The predicted molar refractivity (Wildman–Crippen MR) is 37.4 cm³/mol. The molecule has 10 heavy (non-hydrogen) atoms. The fourth-order valence-corrected chi connectivity index (χ4v) is 0.379. The monoisotopic (exact) mass is 144 g/mol. The van der Waals surface area contributed by atoms with Gasteiger partial charge in [0.05, 0.1) is 13.4 Å². The summed E-state index contributed by atoms with van der Waals surface area (Å²) in [7, 11) is 1.54. The molecule has 0 fully saturated rings. The standard InChI is InChI=1S/C7H12O3/c1-3-7(8)10-6-4-5-9-2/h4-5H,3,6H2,1-2H3/b5-4+. The average molecular weight is 144 g/mol. The molecule has 0 heterocycles. The number of hydrogen-bond donors (Lipinski definition) is 0. The molecule has 0 aromatic rings. The lowest BCUT2D eigenvalue weighted by Crippen LogP contribution is -2.01. The molecule has 58 valence electrons. The van der Waals surface area contributed by atoms with Gasteiger partial charge in [0.2, 0.25) is 0 Å². The van der Waals surface area contributed by atoms with E-state index in [1.165, 1.54) is 13.4 Å². The van der Waals surface area contributed by atoms with Gasteiger partial charge in [0.25, 0.3) is 0 Å². The molecule has 0 radical (unpaired) electrons. The highest BCUT2D eigenvalue weighted by atomic mass is 16.5. The SMILES string of the molecule is CCC(=O)OC/C=C/OC. The highest BCUT2D eigenvalue weighted by molar-refractivity contribution is 5.68. The maximum Gasteiger partial charge on any atom is 0.305 e. The third-order valence-electron chi connectivity index (χ3n) is 0.862. The van der Waals surface area contributed by atoms with E-state index in [1.807, 2.05) is 0 Å². The van der Waals surface area contributed by atoms with Crippen molar-refractivity contribution < 1.29 is 14.3 Å². The van der Waals surface area contributed by atoms with Crippen LogP contribution in [0.1, 0.15) is 13.3 Å². The van der Waals surface area contributed by atoms with Gasteiger partial charge in [-0.25, -0.2) is 0 Å². The van der Waals surface area contributed by atoms with Crippen LogP contribution in [0.4, 0.5) is 0 Å². The van der Waals surface area contributed by atoms with Crippen LogP contribution in [-0.2, 0) is 14.3 Å². The van der Waals surface area contributed by atoms with Gasteiger partial charge in [-0.2, -0.15) is 0 Å². The first kappa shape index (κ1) is 9.01. The van der Waals surface area contributed by atoms with Gasteiger partial charge in [-0.05, 0) is 6.08 Å². The molecule has 3 nitrogen and oxygen atoms in total. The van der Waals surface area contributed by atoms with E-state index in [0.717, 1.165) is 0 Å². The fourth-order valence-electron chi connectivity index (χ4n) is 0.379. The van der Waals surface area contributed by atoms with Crippen molar-refractivity contribution in [3.8, 4) is 0 Å². The van der Waals surface area contributed by atoms with Crippen LogP contribution in [-0.4, -0.2) is 19.7 Å². The quantitative estimate of drug-likeness (QED) is 0.438. The van der Waals surface area contributed by atoms with Crippen LogP contribution >= 0.6 is 0 Å². The maximum absolute atomic E-state index is 10.5. The third-order valence-corrected chi connectivity index (χ3v) is 0.862. The fraction of sp³-hybridized carbons (Fsp3) is 0.571. The highest BCUT2D eigenvalue weighted by Crippen LogP contribution is 1.84. The largest absolute Gasteiger partial charge is 0.505 e. The van der Waals surface area contributed by atoms with Gasteiger partial charge >= 0.3 is 5.97 Å². The Morgan fingerprint density at radius 1 is 1.60 bits per heavy atom. The number of carbonyl (C=O) groups excluding carboxylic acids is 1. The van der Waals surface area contributed by atoms with Crippen LogP contribution in [0.2, 0.25) is 0 Å². The maximum atomic E-state index is 10.5. The van der Waals surface area contributed by atoms with Crippen LogP contribution in [0.25, 0.3) is 0 Å². The minimum absolute atomic E-state index is 0.194. The smallest absolute Gasteiger partial charge is 0.305 e. The normalized spacial score (nSPS) is 9.80. The van der Waals surface area contributed by atoms with Crippen LogP contribution < -0.4 is 0 Å². The molecule has 0 aliphatic heterocycles. The molecule has 0 atom stereocenters. The average Bonchev–Trinajstić information content (AvgIpc) is 1.98. The number of hydrogen-bond acceptors (Lipinski definition) is 3. The molecular weight excluding hydrogens is 132 g/mol. The van der Waals surface area contributed by atoms with E-state index >= 15 is 0 Å². The summed E-state index contributed by atoms with van der Waals surface area (Å²) < 4.78 is 9.27. The Labute approximate surface area is 60.6 Å². The van der Waals surface area contributed by atoms with Crippen LogP contribution in [0.3, 0.4) is 0 Å². The zero-order valence-electron chi connectivity index (χ0n) is 6.29. The molecule has 0 N–H and O–H groups in total. The summed E-state index contributed by atoms with van der Waals surface area (Å²) in [5.74, 6) is -0.194. The number of carbonyl (C=O) groups is 1. The lowest BCUT2D eigenvalue weighted by atomic mass is 10.5. The Bertz CT molecular complexity index is 118. The summed E-state index contributed by atoms with van der Waals surface area (Å²) in [4.78, 5) is 10.5. The molecule has 0 saturated carbocycles. The number of rotatable bonds is 4. The van der Waals surface area contributed by atoms with Crippen LogP contribution in [0.15, 0.2) is 12.3 Å². The van der Waals surface area contributed by atoms with E-state index in [-0.39, 0.29) is 5.97 Å². The van der Waals surface area contributed by atoms with Gasteiger partial charge in [0.15, 0.2) is 0 Å². The van der Waals surface area contributed by atoms with Crippen molar-refractivity contribution in [2.75, 3.05) is 13.7 Å². The van der Waals surface area contributed by atoms with Gasteiger partial charge in [-0.3, -0.25) is 4.79 Å². The Balaban J connectivity index is 3.19. The second-order valence-electron chi connectivity index (χ2n) is 1.64. The first-order valence-electron chi connectivity index (χ1n) is 3.14. The summed E-state index contributed by atoms with van der Waals surface area (Å²) in [6.07, 6.45) is 3.53. The highest BCUT2D eigenvalue weighted by Gasteiger charge is 1.93. The molecule has 0 amide bonds. The molecule has 0 spiro atoms. The molecule has 0 saturated heterocycles. The van der Waals surface area contributed by atoms with Crippen molar-refractivity contribution in [2.24, 2.45) is 0 Å². The van der Waals surface area contributed by atoms with Crippen LogP contribution in [0, 0.1) is 0 Å². The lowest BCUT2D eigenvalue weighted by Gasteiger charge is -1.96. The summed E-state index contributed by atoms with van der Waals surface area (Å²) >= 11 is 0. The summed E-state index contributed by atoms with van der Waals surface area (Å²) in [5.41, 5.74) is 0. The Morgan fingerprint density at radius 2 is 2.30 bits per heavy atom. The topological polar surface area (TPSA) is 35.5 Å². The summed E-state index contributed by atoms with van der Waals surface area (Å²) in [6, 6.07) is 0. The van der Waals surface area contributed by atoms with E-state index in [2.05, 4.69) is 9.47 Å². The van der Waals surface area contributed by atoms with Crippen molar-refractivity contribution in [1.29, 1.82) is 0 Å². The first-order valence-corrected chi connectivity index (χ1v) is 3.14. The van der Waals surface area contributed by atoms with E-state index in [1.54, 1.807) is 13.0 Å². The van der Waals surface area contributed by atoms with E-state index in [4.69, 9.17) is 0 Å². The summed E-state index contributed by atoms with van der Waals surface area (Å²) in [5, 5.41) is 0. The molecule has 0 aromatic carbocycles. The van der Waals surface area contributed by atoms with E-state index in [9.17, 15) is 4.79 Å². The second-order valence-corrected chi connectivity index (χ2v) is 1.64. The van der Waals surface area contributed by atoms with E-state index in [0.29, 0.717) is 13.0 Å². The van der Waals surface area contributed by atoms with Gasteiger partial charge in [-0.1, -0.05) is 6.92 Å². The molecule has 0 aliphatic carbocycles.